The summed E-state index contributed by atoms with van der Waals surface area (Å²) < 4.78 is 10.0. The fourth-order valence-electron chi connectivity index (χ4n) is 2.98. The number of carbonyl (C=O) groups excluding carboxylic acids is 2. The molecule has 2 aliphatic rings. The topological polar surface area (TPSA) is 52.6 Å². The maximum atomic E-state index is 10.3. The third-order valence-electron chi connectivity index (χ3n) is 5.04. The van der Waals surface area contributed by atoms with Crippen LogP contribution in [-0.2, 0) is 14.3 Å². The summed E-state index contributed by atoms with van der Waals surface area (Å²) in [7, 11) is 3.39. The van der Waals surface area contributed by atoms with Gasteiger partial charge in [0.25, 0.3) is 0 Å². The van der Waals surface area contributed by atoms with Gasteiger partial charge < -0.3 is 19.1 Å². The molecule has 154 valence electrons. The summed E-state index contributed by atoms with van der Waals surface area (Å²) >= 11 is 0. The lowest BCUT2D eigenvalue weighted by Crippen LogP contribution is -2.15. The van der Waals surface area contributed by atoms with Crippen LogP contribution in [0.1, 0.15) is 51.0 Å². The third kappa shape index (κ3) is 9.54. The van der Waals surface area contributed by atoms with E-state index in [9.17, 15) is 9.59 Å². The minimum absolute atomic E-state index is 0.233. The average Bonchev–Trinajstić information content (AvgIpc) is 2.76. The molecule has 0 spiro atoms. The molecule has 0 unspecified atom stereocenters. The third-order valence-corrected chi connectivity index (χ3v) is 5.04. The Labute approximate surface area is 169 Å². The first-order chi connectivity index (χ1) is 13.5. The summed E-state index contributed by atoms with van der Waals surface area (Å²) in [5, 5.41) is 0. The van der Waals surface area contributed by atoms with E-state index < -0.39 is 0 Å². The number of allylic oxidation sites excluding steroid dienone is 4. The van der Waals surface area contributed by atoms with Gasteiger partial charge in [-0.15, -0.1) is 0 Å². The SMILES string of the molecule is COC1=CC=C(C)CC1.COc1ccc(C)cc1.O=CC1CCC(C=O)CC1. The highest BCUT2D eigenvalue weighted by molar-refractivity contribution is 5.57. The summed E-state index contributed by atoms with van der Waals surface area (Å²) in [5.74, 6) is 2.48. The Balaban J connectivity index is 0.000000210. The number of hydrogen-bond donors (Lipinski definition) is 0. The number of methoxy groups -OCH3 is 2. The van der Waals surface area contributed by atoms with Crippen molar-refractivity contribution in [2.45, 2.75) is 52.4 Å². The van der Waals surface area contributed by atoms with Gasteiger partial charge in [-0.1, -0.05) is 29.3 Å². The normalized spacial score (nSPS) is 20.7. The van der Waals surface area contributed by atoms with Gasteiger partial charge in [-0.3, -0.25) is 0 Å². The second-order valence-electron chi connectivity index (χ2n) is 7.31. The van der Waals surface area contributed by atoms with Gasteiger partial charge >= 0.3 is 0 Å². The molecule has 0 N–H and O–H groups in total. The molecule has 0 atom stereocenters. The molecule has 0 saturated heterocycles. The summed E-state index contributed by atoms with van der Waals surface area (Å²) in [5.41, 5.74) is 2.70. The molecule has 0 heterocycles. The lowest BCUT2D eigenvalue weighted by atomic mass is 9.84. The van der Waals surface area contributed by atoms with E-state index in [2.05, 4.69) is 19.9 Å². The summed E-state index contributed by atoms with van der Waals surface area (Å²) in [4.78, 5) is 20.5. The molecular formula is C24H34O4. The van der Waals surface area contributed by atoms with Crippen LogP contribution in [0.4, 0.5) is 0 Å². The molecule has 28 heavy (non-hydrogen) atoms. The number of carbonyl (C=O) groups is 2. The van der Waals surface area contributed by atoms with E-state index in [-0.39, 0.29) is 11.8 Å². The van der Waals surface area contributed by atoms with Crippen LogP contribution < -0.4 is 4.74 Å². The maximum Gasteiger partial charge on any atom is 0.123 e. The summed E-state index contributed by atoms with van der Waals surface area (Å²) in [6.45, 7) is 4.20. The standard InChI is InChI=1S/C8H12O2.C8H12O.C8H10O/c9-5-7-1-2-8(6-10)4-3-7;2*1-7-3-5-8(9-2)6-4-7/h5-8H,1-4H2;3,5H,4,6H2,1-2H3;3-6H,1-2H3. The quantitative estimate of drug-likeness (QED) is 0.646. The van der Waals surface area contributed by atoms with Crippen LogP contribution in [0.2, 0.25) is 0 Å². The molecule has 4 nitrogen and oxygen atoms in total. The molecule has 3 rings (SSSR count). The van der Waals surface area contributed by atoms with Crippen molar-refractivity contribution in [2.24, 2.45) is 11.8 Å². The van der Waals surface area contributed by atoms with Gasteiger partial charge in [0.05, 0.1) is 20.0 Å². The first-order valence-corrected chi connectivity index (χ1v) is 9.93. The van der Waals surface area contributed by atoms with E-state index >= 15 is 0 Å². The first kappa shape index (κ1) is 23.7. The van der Waals surface area contributed by atoms with Crippen molar-refractivity contribution < 1.29 is 19.1 Å². The zero-order valence-corrected chi connectivity index (χ0v) is 17.6. The van der Waals surface area contributed by atoms with Crippen molar-refractivity contribution in [3.05, 3.63) is 53.3 Å². The fourth-order valence-corrected chi connectivity index (χ4v) is 2.98. The minimum Gasteiger partial charge on any atom is -0.501 e. The van der Waals surface area contributed by atoms with Gasteiger partial charge in [0.15, 0.2) is 0 Å². The van der Waals surface area contributed by atoms with Crippen molar-refractivity contribution in [2.75, 3.05) is 14.2 Å². The fraction of sp³-hybridized carbons (Fsp3) is 0.500. The molecule has 2 aliphatic carbocycles. The van der Waals surface area contributed by atoms with Crippen LogP contribution in [0.3, 0.4) is 0 Å². The van der Waals surface area contributed by atoms with Gasteiger partial charge in [-0.25, -0.2) is 0 Å². The zero-order valence-electron chi connectivity index (χ0n) is 17.6. The van der Waals surface area contributed by atoms with E-state index in [0.29, 0.717) is 0 Å². The van der Waals surface area contributed by atoms with Crippen LogP contribution in [-0.4, -0.2) is 26.8 Å². The van der Waals surface area contributed by atoms with Crippen LogP contribution in [0, 0.1) is 18.8 Å². The van der Waals surface area contributed by atoms with Gasteiger partial charge in [0, 0.05) is 18.3 Å². The van der Waals surface area contributed by atoms with Crippen LogP contribution in [0.25, 0.3) is 0 Å². The van der Waals surface area contributed by atoms with E-state index in [1.54, 1.807) is 14.2 Å². The monoisotopic (exact) mass is 386 g/mol. The van der Waals surface area contributed by atoms with Crippen molar-refractivity contribution in [1.29, 1.82) is 0 Å². The number of hydrogen-bond acceptors (Lipinski definition) is 4. The number of rotatable bonds is 4. The number of benzene rings is 1. The molecule has 1 aromatic rings. The smallest absolute Gasteiger partial charge is 0.123 e. The Bertz CT molecular complexity index is 619. The molecule has 0 radical (unpaired) electrons. The molecule has 1 fully saturated rings. The molecular weight excluding hydrogens is 352 g/mol. The van der Waals surface area contributed by atoms with E-state index in [0.717, 1.165) is 62.6 Å². The molecule has 4 heteroatoms. The predicted octanol–water partition coefficient (Wildman–Crippen LogP) is 5.45. The molecule has 1 saturated carbocycles. The zero-order chi connectivity index (χ0) is 20.8. The predicted molar refractivity (Wildman–Crippen MR) is 113 cm³/mol. The van der Waals surface area contributed by atoms with Crippen molar-refractivity contribution >= 4 is 12.6 Å². The van der Waals surface area contributed by atoms with Gasteiger partial charge in [0.2, 0.25) is 0 Å². The maximum absolute atomic E-state index is 10.3. The second-order valence-corrected chi connectivity index (χ2v) is 7.31. The van der Waals surface area contributed by atoms with E-state index in [1.165, 1.54) is 11.1 Å². The Kier molecular flexibility index (Phi) is 11.6. The van der Waals surface area contributed by atoms with Crippen molar-refractivity contribution in [3.63, 3.8) is 0 Å². The van der Waals surface area contributed by atoms with Crippen LogP contribution in [0.5, 0.6) is 5.75 Å². The van der Waals surface area contributed by atoms with Crippen LogP contribution >= 0.6 is 0 Å². The minimum atomic E-state index is 0.233. The lowest BCUT2D eigenvalue weighted by Gasteiger charge is -2.20. The largest absolute Gasteiger partial charge is 0.501 e. The molecule has 0 bridgehead atoms. The van der Waals surface area contributed by atoms with E-state index in [1.807, 2.05) is 30.3 Å². The molecule has 0 amide bonds. The van der Waals surface area contributed by atoms with Crippen molar-refractivity contribution in [1.82, 2.24) is 0 Å². The van der Waals surface area contributed by atoms with Crippen molar-refractivity contribution in [3.8, 4) is 5.75 Å². The van der Waals surface area contributed by atoms with E-state index in [4.69, 9.17) is 9.47 Å². The summed E-state index contributed by atoms with van der Waals surface area (Å²) in [6.07, 6.45) is 12.0. The number of aldehydes is 2. The van der Waals surface area contributed by atoms with Crippen LogP contribution in [0.15, 0.2) is 47.7 Å². The number of ether oxygens (including phenoxy) is 2. The molecule has 0 aliphatic heterocycles. The second kappa shape index (κ2) is 13.8. The molecule has 1 aromatic carbocycles. The lowest BCUT2D eigenvalue weighted by molar-refractivity contribution is -0.115. The first-order valence-electron chi connectivity index (χ1n) is 9.93. The van der Waals surface area contributed by atoms with Gasteiger partial charge in [0.1, 0.15) is 18.3 Å². The Morgan fingerprint density at radius 1 is 0.786 bits per heavy atom. The van der Waals surface area contributed by atoms with Gasteiger partial charge in [-0.2, -0.15) is 0 Å². The highest BCUT2D eigenvalue weighted by atomic mass is 16.5. The summed E-state index contributed by atoms with van der Waals surface area (Å²) in [6, 6.07) is 7.96. The average molecular weight is 387 g/mol. The van der Waals surface area contributed by atoms with Gasteiger partial charge in [-0.05, 0) is 64.2 Å². The highest BCUT2D eigenvalue weighted by Crippen LogP contribution is 2.25. The Morgan fingerprint density at radius 2 is 1.32 bits per heavy atom. The Morgan fingerprint density at radius 3 is 1.68 bits per heavy atom. The molecule has 0 aromatic heterocycles. The number of aryl methyl sites for hydroxylation is 1. The highest BCUT2D eigenvalue weighted by Gasteiger charge is 2.19. The Hall–Kier alpha value is -2.36.